The number of carboxylic acids is 1. The SMILES string of the molecule is Cc1ncoc1C(=O)N(CC(=O)O)Cc1ccc(C(F)(F)F)cc1. The van der Waals surface area contributed by atoms with Crippen LogP contribution in [-0.4, -0.2) is 33.4 Å². The van der Waals surface area contributed by atoms with E-state index in [1.807, 2.05) is 0 Å². The van der Waals surface area contributed by atoms with Gasteiger partial charge in [0, 0.05) is 6.54 Å². The van der Waals surface area contributed by atoms with Crippen LogP contribution in [0.25, 0.3) is 0 Å². The number of aromatic nitrogens is 1. The zero-order chi connectivity index (χ0) is 17.9. The third-order valence-electron chi connectivity index (χ3n) is 3.21. The highest BCUT2D eigenvalue weighted by molar-refractivity contribution is 5.94. The van der Waals surface area contributed by atoms with Gasteiger partial charge in [-0.2, -0.15) is 13.2 Å². The summed E-state index contributed by atoms with van der Waals surface area (Å²) in [6, 6.07) is 4.13. The van der Waals surface area contributed by atoms with E-state index in [-0.39, 0.29) is 12.3 Å². The van der Waals surface area contributed by atoms with Crippen LogP contribution in [0, 0.1) is 6.92 Å². The average Bonchev–Trinajstić information content (AvgIpc) is 2.91. The second kappa shape index (κ2) is 6.73. The molecule has 6 nitrogen and oxygen atoms in total. The molecule has 0 unspecified atom stereocenters. The Morgan fingerprint density at radius 3 is 2.33 bits per heavy atom. The molecular formula is C15H13F3N2O4. The third-order valence-corrected chi connectivity index (χ3v) is 3.21. The van der Waals surface area contributed by atoms with Crippen molar-refractivity contribution in [3.63, 3.8) is 0 Å². The van der Waals surface area contributed by atoms with Crippen LogP contribution in [0.15, 0.2) is 35.1 Å². The van der Waals surface area contributed by atoms with Crippen LogP contribution in [-0.2, 0) is 17.5 Å². The molecule has 0 fully saturated rings. The fourth-order valence-corrected chi connectivity index (χ4v) is 2.03. The summed E-state index contributed by atoms with van der Waals surface area (Å²) in [5, 5.41) is 8.94. The Morgan fingerprint density at radius 1 is 1.25 bits per heavy atom. The number of aliphatic carboxylic acids is 1. The fourth-order valence-electron chi connectivity index (χ4n) is 2.03. The zero-order valence-electron chi connectivity index (χ0n) is 12.5. The molecule has 24 heavy (non-hydrogen) atoms. The third kappa shape index (κ3) is 4.12. The van der Waals surface area contributed by atoms with Crippen molar-refractivity contribution >= 4 is 11.9 Å². The van der Waals surface area contributed by atoms with Gasteiger partial charge in [0.05, 0.1) is 11.3 Å². The van der Waals surface area contributed by atoms with E-state index in [2.05, 4.69) is 4.98 Å². The molecule has 1 aromatic carbocycles. The molecule has 0 saturated carbocycles. The summed E-state index contributed by atoms with van der Waals surface area (Å²) < 4.78 is 42.6. The first kappa shape index (κ1) is 17.5. The van der Waals surface area contributed by atoms with Crippen molar-refractivity contribution in [2.24, 2.45) is 0 Å². The summed E-state index contributed by atoms with van der Waals surface area (Å²) in [6.07, 6.45) is -3.41. The molecule has 9 heteroatoms. The number of alkyl halides is 3. The van der Waals surface area contributed by atoms with Crippen LogP contribution in [0.4, 0.5) is 13.2 Å². The first-order valence-corrected chi connectivity index (χ1v) is 6.75. The molecule has 128 valence electrons. The number of carboxylic acid groups (broad SMARTS) is 1. The van der Waals surface area contributed by atoms with Crippen molar-refractivity contribution in [1.29, 1.82) is 0 Å². The largest absolute Gasteiger partial charge is 0.480 e. The molecule has 0 aliphatic carbocycles. The van der Waals surface area contributed by atoms with E-state index in [4.69, 9.17) is 9.52 Å². The first-order valence-electron chi connectivity index (χ1n) is 6.75. The highest BCUT2D eigenvalue weighted by atomic mass is 19.4. The summed E-state index contributed by atoms with van der Waals surface area (Å²) in [5.74, 6) is -2.07. The predicted molar refractivity (Wildman–Crippen MR) is 75.1 cm³/mol. The summed E-state index contributed by atoms with van der Waals surface area (Å²) in [4.78, 5) is 28.0. The molecule has 0 spiro atoms. The molecule has 1 heterocycles. The summed E-state index contributed by atoms with van der Waals surface area (Å²) in [6.45, 7) is 0.719. The van der Waals surface area contributed by atoms with Crippen LogP contribution >= 0.6 is 0 Å². The Labute approximate surface area is 134 Å². The summed E-state index contributed by atoms with van der Waals surface area (Å²) in [5.41, 5.74) is -0.175. The zero-order valence-corrected chi connectivity index (χ0v) is 12.5. The minimum absolute atomic E-state index is 0.108. The lowest BCUT2D eigenvalue weighted by Crippen LogP contribution is -2.35. The molecule has 0 aliphatic rings. The highest BCUT2D eigenvalue weighted by Crippen LogP contribution is 2.29. The number of aryl methyl sites for hydroxylation is 1. The van der Waals surface area contributed by atoms with Gasteiger partial charge in [-0.15, -0.1) is 0 Å². The minimum atomic E-state index is -4.47. The second-order valence-electron chi connectivity index (χ2n) is 5.02. The maximum absolute atomic E-state index is 12.6. The van der Waals surface area contributed by atoms with Crippen molar-refractivity contribution < 1.29 is 32.3 Å². The van der Waals surface area contributed by atoms with E-state index < -0.39 is 30.2 Å². The Bertz CT molecular complexity index is 738. The molecule has 0 aliphatic heterocycles. The molecule has 2 rings (SSSR count). The van der Waals surface area contributed by atoms with Crippen LogP contribution in [0.5, 0.6) is 0 Å². The molecule has 0 saturated heterocycles. The molecular weight excluding hydrogens is 329 g/mol. The number of hydrogen-bond donors (Lipinski definition) is 1. The van der Waals surface area contributed by atoms with E-state index in [0.717, 1.165) is 23.4 Å². The highest BCUT2D eigenvalue weighted by Gasteiger charge is 2.30. The smallest absolute Gasteiger partial charge is 0.416 e. The van der Waals surface area contributed by atoms with Crippen molar-refractivity contribution in [2.75, 3.05) is 6.54 Å². The lowest BCUT2D eigenvalue weighted by Gasteiger charge is -2.20. The lowest BCUT2D eigenvalue weighted by atomic mass is 10.1. The number of amides is 1. The number of nitrogens with zero attached hydrogens (tertiary/aromatic N) is 2. The van der Waals surface area contributed by atoms with Gasteiger partial charge >= 0.3 is 12.1 Å². The topological polar surface area (TPSA) is 83.6 Å². The van der Waals surface area contributed by atoms with E-state index in [1.54, 1.807) is 0 Å². The van der Waals surface area contributed by atoms with Crippen LogP contribution in [0.3, 0.4) is 0 Å². The number of carbonyl (C=O) groups is 2. The summed E-state index contributed by atoms with van der Waals surface area (Å²) >= 11 is 0. The van der Waals surface area contributed by atoms with E-state index in [1.165, 1.54) is 19.1 Å². The molecule has 0 bridgehead atoms. The van der Waals surface area contributed by atoms with E-state index >= 15 is 0 Å². The number of benzene rings is 1. The number of halogens is 3. The summed E-state index contributed by atoms with van der Waals surface area (Å²) in [7, 11) is 0. The normalized spacial score (nSPS) is 11.3. The average molecular weight is 342 g/mol. The van der Waals surface area contributed by atoms with Crippen LogP contribution in [0.1, 0.15) is 27.4 Å². The maximum atomic E-state index is 12.6. The second-order valence-corrected chi connectivity index (χ2v) is 5.02. The first-order chi connectivity index (χ1) is 11.2. The monoisotopic (exact) mass is 342 g/mol. The van der Waals surface area contributed by atoms with Crippen molar-refractivity contribution in [3.05, 3.63) is 53.2 Å². The van der Waals surface area contributed by atoms with Gasteiger partial charge in [0.15, 0.2) is 6.39 Å². The molecule has 1 amide bonds. The van der Waals surface area contributed by atoms with Gasteiger partial charge in [-0.3, -0.25) is 9.59 Å². The Hall–Kier alpha value is -2.84. The minimum Gasteiger partial charge on any atom is -0.480 e. The van der Waals surface area contributed by atoms with Crippen molar-refractivity contribution in [1.82, 2.24) is 9.88 Å². The standard InChI is InChI=1S/C15H13F3N2O4/c1-9-13(24-8-19-9)14(23)20(7-12(21)22)6-10-2-4-11(5-3-10)15(16,17)18/h2-5,8H,6-7H2,1H3,(H,21,22). The molecule has 2 aromatic rings. The van der Waals surface area contributed by atoms with Gasteiger partial charge in [-0.1, -0.05) is 12.1 Å². The van der Waals surface area contributed by atoms with Gasteiger partial charge in [-0.25, -0.2) is 4.98 Å². The number of oxazole rings is 1. The quantitative estimate of drug-likeness (QED) is 0.903. The number of rotatable bonds is 5. The van der Waals surface area contributed by atoms with Crippen molar-refractivity contribution in [3.8, 4) is 0 Å². The van der Waals surface area contributed by atoms with Crippen molar-refractivity contribution in [2.45, 2.75) is 19.6 Å². The number of carbonyl (C=O) groups excluding carboxylic acids is 1. The molecule has 0 radical (unpaired) electrons. The predicted octanol–water partition coefficient (Wildman–Crippen LogP) is 2.73. The molecule has 1 aromatic heterocycles. The van der Waals surface area contributed by atoms with Gasteiger partial charge in [0.1, 0.15) is 6.54 Å². The van der Waals surface area contributed by atoms with E-state index in [0.29, 0.717) is 11.3 Å². The van der Waals surface area contributed by atoms with Crippen LogP contribution < -0.4 is 0 Å². The Balaban J connectivity index is 2.21. The molecule has 0 atom stereocenters. The lowest BCUT2D eigenvalue weighted by molar-refractivity contribution is -0.138. The maximum Gasteiger partial charge on any atom is 0.416 e. The van der Waals surface area contributed by atoms with Gasteiger partial charge in [0.2, 0.25) is 5.76 Å². The Morgan fingerprint density at radius 2 is 1.88 bits per heavy atom. The molecule has 1 N–H and O–H groups in total. The van der Waals surface area contributed by atoms with Gasteiger partial charge in [-0.05, 0) is 24.6 Å². The van der Waals surface area contributed by atoms with E-state index in [9.17, 15) is 22.8 Å². The van der Waals surface area contributed by atoms with Gasteiger partial charge < -0.3 is 14.4 Å². The fraction of sp³-hybridized carbons (Fsp3) is 0.267. The van der Waals surface area contributed by atoms with Gasteiger partial charge in [0.25, 0.3) is 5.91 Å². The Kier molecular flexibility index (Phi) is 4.91. The van der Waals surface area contributed by atoms with Crippen LogP contribution in [0.2, 0.25) is 0 Å². The number of hydrogen-bond acceptors (Lipinski definition) is 4.